The monoisotopic (exact) mass is 225 g/mol. The van der Waals surface area contributed by atoms with Crippen molar-refractivity contribution < 1.29 is 19.1 Å². The van der Waals surface area contributed by atoms with E-state index in [-0.39, 0.29) is 0 Å². The van der Waals surface area contributed by atoms with Crippen molar-refractivity contribution in [3.63, 3.8) is 0 Å². The predicted molar refractivity (Wildman–Crippen MR) is 53.0 cm³/mol. The van der Waals surface area contributed by atoms with Crippen molar-refractivity contribution in [3.05, 3.63) is 30.1 Å². The number of carboxylic acids is 1. The van der Waals surface area contributed by atoms with Crippen LogP contribution in [-0.4, -0.2) is 18.0 Å². The van der Waals surface area contributed by atoms with Gasteiger partial charge in [0.05, 0.1) is 12.0 Å². The Balaban J connectivity index is 2.52. The minimum absolute atomic E-state index is 0.365. The summed E-state index contributed by atoms with van der Waals surface area (Å²) in [6, 6.07) is 3.29. The molecule has 5 nitrogen and oxygen atoms in total. The molecule has 0 fully saturated rings. The van der Waals surface area contributed by atoms with Crippen LogP contribution in [-0.2, 0) is 4.79 Å². The molecule has 0 heterocycles. The van der Waals surface area contributed by atoms with Crippen molar-refractivity contribution in [3.8, 4) is 0 Å². The molecule has 2 amide bonds. The molecule has 6 heteroatoms. The van der Waals surface area contributed by atoms with Gasteiger partial charge in [-0.15, -0.1) is 0 Å². The molecule has 0 aliphatic carbocycles. The van der Waals surface area contributed by atoms with Gasteiger partial charge >= 0.3 is 6.03 Å². The number of nitrogens with one attached hydrogen (secondary N) is 2. The fraction of sp³-hybridized carbons (Fsp3) is 0.200. The molecule has 0 aliphatic heterocycles. The summed E-state index contributed by atoms with van der Waals surface area (Å²) < 4.78 is 12.5. The molecule has 0 unspecified atom stereocenters. The summed E-state index contributed by atoms with van der Waals surface area (Å²) in [6.45, 7) is 1.28. The average Bonchev–Trinajstić information content (AvgIpc) is 2.21. The molecule has 0 aliphatic rings. The van der Waals surface area contributed by atoms with E-state index in [0.29, 0.717) is 5.69 Å². The number of hydrogen-bond donors (Lipinski definition) is 2. The van der Waals surface area contributed by atoms with Crippen LogP contribution in [0.15, 0.2) is 24.3 Å². The van der Waals surface area contributed by atoms with Gasteiger partial charge in [0.1, 0.15) is 5.82 Å². The van der Waals surface area contributed by atoms with E-state index >= 15 is 0 Å². The SMILES string of the molecule is C[C@H](NC(=O)Nc1ccc(F)cc1)C(=O)[O-]. The first-order chi connectivity index (χ1) is 7.49. The molecule has 0 aromatic heterocycles. The topological polar surface area (TPSA) is 81.3 Å². The molecular formula is C10H10FN2O3-. The van der Waals surface area contributed by atoms with Crippen molar-refractivity contribution in [2.45, 2.75) is 13.0 Å². The van der Waals surface area contributed by atoms with Gasteiger partial charge < -0.3 is 20.5 Å². The third-order valence-corrected chi connectivity index (χ3v) is 1.80. The second-order valence-corrected chi connectivity index (χ2v) is 3.15. The van der Waals surface area contributed by atoms with Crippen LogP contribution in [0, 0.1) is 5.82 Å². The summed E-state index contributed by atoms with van der Waals surface area (Å²) >= 11 is 0. The quantitative estimate of drug-likeness (QED) is 0.764. The highest BCUT2D eigenvalue weighted by molar-refractivity contribution is 5.91. The van der Waals surface area contributed by atoms with E-state index in [1.54, 1.807) is 0 Å². The van der Waals surface area contributed by atoms with Gasteiger partial charge in [-0.25, -0.2) is 9.18 Å². The number of amides is 2. The van der Waals surface area contributed by atoms with Crippen LogP contribution in [0.5, 0.6) is 0 Å². The molecule has 1 atom stereocenters. The Hall–Kier alpha value is -2.11. The van der Waals surface area contributed by atoms with Crippen molar-refractivity contribution in [2.75, 3.05) is 5.32 Å². The van der Waals surface area contributed by atoms with Crippen LogP contribution in [0.25, 0.3) is 0 Å². The highest BCUT2D eigenvalue weighted by Crippen LogP contribution is 2.07. The zero-order chi connectivity index (χ0) is 12.1. The summed E-state index contributed by atoms with van der Waals surface area (Å²) in [7, 11) is 0. The number of benzene rings is 1. The molecule has 0 saturated carbocycles. The second kappa shape index (κ2) is 5.11. The van der Waals surface area contributed by atoms with E-state index in [1.807, 2.05) is 0 Å². The molecule has 1 aromatic carbocycles. The maximum atomic E-state index is 12.5. The van der Waals surface area contributed by atoms with Crippen LogP contribution in [0.4, 0.5) is 14.9 Å². The Morgan fingerprint density at radius 2 is 1.88 bits per heavy atom. The molecule has 1 rings (SSSR count). The van der Waals surface area contributed by atoms with Gasteiger partial charge in [-0.2, -0.15) is 0 Å². The number of halogens is 1. The molecule has 86 valence electrons. The van der Waals surface area contributed by atoms with Crippen LogP contribution in [0.1, 0.15) is 6.92 Å². The van der Waals surface area contributed by atoms with E-state index in [9.17, 15) is 19.1 Å². The van der Waals surface area contributed by atoms with Crippen molar-refractivity contribution in [1.29, 1.82) is 0 Å². The first-order valence-electron chi connectivity index (χ1n) is 4.53. The number of aliphatic carboxylic acids is 1. The minimum Gasteiger partial charge on any atom is -0.548 e. The maximum absolute atomic E-state index is 12.5. The molecule has 0 radical (unpaired) electrons. The van der Waals surface area contributed by atoms with Gasteiger partial charge in [-0.05, 0) is 31.2 Å². The molecule has 0 bridgehead atoms. The zero-order valence-corrected chi connectivity index (χ0v) is 8.49. The summed E-state index contributed by atoms with van der Waals surface area (Å²) in [5.74, 6) is -1.80. The van der Waals surface area contributed by atoms with E-state index in [2.05, 4.69) is 10.6 Å². The fourth-order valence-corrected chi connectivity index (χ4v) is 0.956. The van der Waals surface area contributed by atoms with E-state index < -0.39 is 23.9 Å². The Bertz CT molecular complexity index is 392. The Kier molecular flexibility index (Phi) is 3.82. The summed E-state index contributed by atoms with van der Waals surface area (Å²) in [6.07, 6.45) is 0. The number of rotatable bonds is 3. The van der Waals surface area contributed by atoms with Gasteiger partial charge in [-0.1, -0.05) is 0 Å². The number of hydrogen-bond acceptors (Lipinski definition) is 3. The van der Waals surface area contributed by atoms with Gasteiger partial charge in [0, 0.05) is 5.69 Å². The predicted octanol–water partition coefficient (Wildman–Crippen LogP) is 0.0856. The number of anilines is 1. The Morgan fingerprint density at radius 1 is 1.31 bits per heavy atom. The first kappa shape index (κ1) is 12.0. The average molecular weight is 225 g/mol. The highest BCUT2D eigenvalue weighted by atomic mass is 19.1. The number of carbonyl (C=O) groups is 2. The molecule has 2 N–H and O–H groups in total. The fourth-order valence-electron chi connectivity index (χ4n) is 0.956. The Labute approximate surface area is 91.3 Å². The highest BCUT2D eigenvalue weighted by Gasteiger charge is 2.07. The van der Waals surface area contributed by atoms with Gasteiger partial charge in [0.25, 0.3) is 0 Å². The van der Waals surface area contributed by atoms with Crippen molar-refractivity contribution in [1.82, 2.24) is 5.32 Å². The lowest BCUT2D eigenvalue weighted by Gasteiger charge is -2.15. The van der Waals surface area contributed by atoms with E-state index in [0.717, 1.165) is 0 Å². The van der Waals surface area contributed by atoms with Crippen molar-refractivity contribution in [2.24, 2.45) is 0 Å². The summed E-state index contributed by atoms with van der Waals surface area (Å²) in [5, 5.41) is 14.8. The third kappa shape index (κ3) is 3.56. The van der Waals surface area contributed by atoms with Crippen LogP contribution in [0.3, 0.4) is 0 Å². The Morgan fingerprint density at radius 3 is 2.38 bits per heavy atom. The largest absolute Gasteiger partial charge is 0.548 e. The number of carbonyl (C=O) groups excluding carboxylic acids is 2. The lowest BCUT2D eigenvalue weighted by Crippen LogP contribution is -2.47. The number of urea groups is 1. The molecular weight excluding hydrogens is 215 g/mol. The normalized spacial score (nSPS) is 11.6. The minimum atomic E-state index is -1.38. The van der Waals surface area contributed by atoms with Crippen LogP contribution >= 0.6 is 0 Å². The van der Waals surface area contributed by atoms with E-state index in [4.69, 9.17) is 0 Å². The molecule has 0 spiro atoms. The lowest BCUT2D eigenvalue weighted by atomic mass is 10.3. The lowest BCUT2D eigenvalue weighted by molar-refractivity contribution is -0.307. The third-order valence-electron chi connectivity index (χ3n) is 1.80. The molecule has 1 aromatic rings. The molecule has 0 saturated heterocycles. The number of carboxylic acid groups (broad SMARTS) is 1. The van der Waals surface area contributed by atoms with Gasteiger partial charge in [0.2, 0.25) is 0 Å². The summed E-state index contributed by atoms with van der Waals surface area (Å²) in [4.78, 5) is 21.5. The van der Waals surface area contributed by atoms with Crippen LogP contribution in [0.2, 0.25) is 0 Å². The van der Waals surface area contributed by atoms with Gasteiger partial charge in [0.15, 0.2) is 0 Å². The summed E-state index contributed by atoms with van der Waals surface area (Å²) in [5.41, 5.74) is 0.365. The van der Waals surface area contributed by atoms with Gasteiger partial charge in [-0.3, -0.25) is 0 Å². The standard InChI is InChI=1S/C10H11FN2O3/c1-6(9(14)15)12-10(16)13-8-4-2-7(11)3-5-8/h2-6H,1H3,(H,14,15)(H2,12,13,16)/p-1/t6-/m0/s1. The first-order valence-corrected chi connectivity index (χ1v) is 4.53. The maximum Gasteiger partial charge on any atom is 0.319 e. The smallest absolute Gasteiger partial charge is 0.319 e. The molecule has 16 heavy (non-hydrogen) atoms. The van der Waals surface area contributed by atoms with Crippen molar-refractivity contribution >= 4 is 17.7 Å². The van der Waals surface area contributed by atoms with Crippen LogP contribution < -0.4 is 15.7 Å². The van der Waals surface area contributed by atoms with E-state index in [1.165, 1.54) is 31.2 Å². The zero-order valence-electron chi connectivity index (χ0n) is 8.49. The second-order valence-electron chi connectivity index (χ2n) is 3.15.